The Morgan fingerprint density at radius 1 is 1.16 bits per heavy atom. The van der Waals surface area contributed by atoms with Crippen LogP contribution in [0.2, 0.25) is 0 Å². The van der Waals surface area contributed by atoms with Crippen molar-refractivity contribution in [1.29, 1.82) is 0 Å². The summed E-state index contributed by atoms with van der Waals surface area (Å²) in [7, 11) is 1.82. The molecule has 3 aromatic heterocycles. The third kappa shape index (κ3) is 6.01. The lowest BCUT2D eigenvalue weighted by molar-refractivity contribution is -0.145. The average Bonchev–Trinajstić information content (AvgIpc) is 3.76. The van der Waals surface area contributed by atoms with Crippen molar-refractivity contribution in [1.82, 2.24) is 29.3 Å². The van der Waals surface area contributed by atoms with E-state index in [1.54, 1.807) is 41.3 Å². The number of ether oxygens (including phenoxy) is 1. The van der Waals surface area contributed by atoms with E-state index >= 15 is 4.39 Å². The van der Waals surface area contributed by atoms with Crippen molar-refractivity contribution in [2.24, 2.45) is 7.05 Å². The van der Waals surface area contributed by atoms with Crippen LogP contribution in [-0.4, -0.2) is 35.3 Å². The SMILES string of the molecule is CCCCC(=O)OCc1c(-c2nc(N)nc(Cc3cnn(C)c3)n2)cccc1-n1ccc2cc(C3CC3)cc(F)c2c1=O. The fourth-order valence-corrected chi connectivity index (χ4v) is 5.28. The number of nitrogens with zero attached hydrogens (tertiary/aromatic N) is 6. The van der Waals surface area contributed by atoms with Gasteiger partial charge in [-0.2, -0.15) is 15.1 Å². The standard InChI is InChI=1S/C32H32FN7O3/c1-3-4-8-28(41)43-18-24-23(30-36-27(37-32(34)38-30)13-19-16-35-39(2)17-19)6-5-7-26(24)40-12-11-21-14-22(20-9-10-20)15-25(33)29(21)31(40)42/h5-7,11-12,14-17,20H,3-4,8-10,13,18H2,1-2H3,(H2,34,36,37,38). The highest BCUT2D eigenvalue weighted by Gasteiger charge is 2.26. The molecule has 2 N–H and O–H groups in total. The molecule has 2 aromatic carbocycles. The van der Waals surface area contributed by atoms with Gasteiger partial charge in [0.25, 0.3) is 5.56 Å². The number of aromatic nitrogens is 6. The second kappa shape index (κ2) is 11.7. The van der Waals surface area contributed by atoms with Crippen LogP contribution in [0.25, 0.3) is 27.8 Å². The van der Waals surface area contributed by atoms with Crippen molar-refractivity contribution in [3.05, 3.63) is 93.7 Å². The van der Waals surface area contributed by atoms with E-state index in [1.807, 2.05) is 26.2 Å². The van der Waals surface area contributed by atoms with Crippen molar-refractivity contribution in [2.75, 3.05) is 5.73 Å². The Hall–Kier alpha value is -4.93. The zero-order chi connectivity index (χ0) is 30.1. The molecule has 1 aliphatic rings. The first-order valence-electron chi connectivity index (χ1n) is 14.4. The lowest BCUT2D eigenvalue weighted by Gasteiger charge is -2.17. The molecule has 0 spiro atoms. The van der Waals surface area contributed by atoms with Gasteiger partial charge in [0.2, 0.25) is 5.95 Å². The predicted molar refractivity (Wildman–Crippen MR) is 160 cm³/mol. The summed E-state index contributed by atoms with van der Waals surface area (Å²) in [4.78, 5) is 39.7. The molecule has 0 unspecified atom stereocenters. The van der Waals surface area contributed by atoms with E-state index in [9.17, 15) is 9.59 Å². The smallest absolute Gasteiger partial charge is 0.306 e. The van der Waals surface area contributed by atoms with Gasteiger partial charge in [-0.3, -0.25) is 18.8 Å². The molecule has 6 rings (SSSR count). The molecule has 1 fully saturated rings. The number of anilines is 1. The fraction of sp³-hybridized carbons (Fsp3) is 0.312. The van der Waals surface area contributed by atoms with Crippen LogP contribution in [0.5, 0.6) is 0 Å². The van der Waals surface area contributed by atoms with Crippen LogP contribution >= 0.6 is 0 Å². The van der Waals surface area contributed by atoms with E-state index in [4.69, 9.17) is 10.5 Å². The number of fused-ring (bicyclic) bond motifs is 1. The van der Waals surface area contributed by atoms with Gasteiger partial charge in [0.15, 0.2) is 5.82 Å². The Labute approximate surface area is 247 Å². The Morgan fingerprint density at radius 3 is 2.74 bits per heavy atom. The molecule has 43 heavy (non-hydrogen) atoms. The molecule has 5 aromatic rings. The molecule has 3 heterocycles. The first-order chi connectivity index (χ1) is 20.8. The number of hydrogen-bond donors (Lipinski definition) is 1. The molecular formula is C32H32FN7O3. The van der Waals surface area contributed by atoms with E-state index < -0.39 is 11.4 Å². The number of aryl methyl sites for hydroxylation is 1. The first-order valence-corrected chi connectivity index (χ1v) is 14.4. The van der Waals surface area contributed by atoms with Crippen LogP contribution in [0.4, 0.5) is 10.3 Å². The maximum Gasteiger partial charge on any atom is 0.306 e. The summed E-state index contributed by atoms with van der Waals surface area (Å²) in [6.45, 7) is 1.85. The molecular weight excluding hydrogens is 549 g/mol. The van der Waals surface area contributed by atoms with Crippen LogP contribution in [0, 0.1) is 5.82 Å². The van der Waals surface area contributed by atoms with Crippen LogP contribution < -0.4 is 11.3 Å². The third-order valence-corrected chi connectivity index (χ3v) is 7.61. The minimum Gasteiger partial charge on any atom is -0.461 e. The van der Waals surface area contributed by atoms with Crippen LogP contribution in [0.3, 0.4) is 0 Å². The van der Waals surface area contributed by atoms with Gasteiger partial charge in [-0.05, 0) is 59.9 Å². The summed E-state index contributed by atoms with van der Waals surface area (Å²) < 4.78 is 24.1. The molecule has 0 atom stereocenters. The number of nitrogen functional groups attached to an aromatic ring is 1. The summed E-state index contributed by atoms with van der Waals surface area (Å²) >= 11 is 0. The van der Waals surface area contributed by atoms with Gasteiger partial charge in [0.1, 0.15) is 18.2 Å². The summed E-state index contributed by atoms with van der Waals surface area (Å²) in [5, 5.41) is 4.75. The second-order valence-electron chi connectivity index (χ2n) is 10.9. The quantitative estimate of drug-likeness (QED) is 0.228. The van der Waals surface area contributed by atoms with Gasteiger partial charge in [0.05, 0.1) is 17.3 Å². The van der Waals surface area contributed by atoms with Crippen molar-refractivity contribution in [3.63, 3.8) is 0 Å². The highest BCUT2D eigenvalue weighted by molar-refractivity contribution is 5.83. The molecule has 10 nitrogen and oxygen atoms in total. The second-order valence-corrected chi connectivity index (χ2v) is 10.9. The summed E-state index contributed by atoms with van der Waals surface area (Å²) in [6.07, 6.45) is 9.45. The Kier molecular flexibility index (Phi) is 7.71. The van der Waals surface area contributed by atoms with Gasteiger partial charge in [-0.25, -0.2) is 9.37 Å². The average molecular weight is 582 g/mol. The van der Waals surface area contributed by atoms with Crippen molar-refractivity contribution < 1.29 is 13.9 Å². The van der Waals surface area contributed by atoms with Crippen molar-refractivity contribution in [2.45, 2.75) is 58.0 Å². The van der Waals surface area contributed by atoms with E-state index in [1.165, 1.54) is 10.6 Å². The van der Waals surface area contributed by atoms with Crippen LogP contribution in [0.1, 0.15) is 67.5 Å². The minimum atomic E-state index is -0.548. The zero-order valence-corrected chi connectivity index (χ0v) is 24.1. The number of rotatable bonds is 10. The molecule has 0 bridgehead atoms. The largest absolute Gasteiger partial charge is 0.461 e. The van der Waals surface area contributed by atoms with E-state index in [2.05, 4.69) is 20.1 Å². The topological polar surface area (TPSA) is 131 Å². The van der Waals surface area contributed by atoms with E-state index in [-0.39, 0.29) is 36.2 Å². The molecule has 1 saturated carbocycles. The van der Waals surface area contributed by atoms with Crippen molar-refractivity contribution >= 4 is 22.7 Å². The number of halogens is 1. The van der Waals surface area contributed by atoms with Crippen LogP contribution in [0.15, 0.2) is 59.8 Å². The lowest BCUT2D eigenvalue weighted by atomic mass is 10.0. The number of benzene rings is 2. The van der Waals surface area contributed by atoms with Gasteiger partial charge in [0, 0.05) is 43.4 Å². The zero-order valence-electron chi connectivity index (χ0n) is 24.1. The Bertz CT molecular complexity index is 1890. The molecule has 0 aliphatic heterocycles. The van der Waals surface area contributed by atoms with Gasteiger partial charge >= 0.3 is 5.97 Å². The van der Waals surface area contributed by atoms with E-state index in [0.29, 0.717) is 46.8 Å². The van der Waals surface area contributed by atoms with E-state index in [0.717, 1.165) is 30.4 Å². The van der Waals surface area contributed by atoms with Gasteiger partial charge in [-0.15, -0.1) is 0 Å². The molecule has 0 amide bonds. The summed E-state index contributed by atoms with van der Waals surface area (Å²) in [5.74, 6) is 0.164. The number of pyridine rings is 1. The minimum absolute atomic E-state index is 0.00589. The maximum absolute atomic E-state index is 15.3. The number of esters is 1. The van der Waals surface area contributed by atoms with Crippen LogP contribution in [-0.2, 0) is 29.6 Å². The monoisotopic (exact) mass is 581 g/mol. The fourth-order valence-electron chi connectivity index (χ4n) is 5.28. The molecule has 1 aliphatic carbocycles. The number of nitrogens with two attached hydrogens (primary N) is 1. The first kappa shape index (κ1) is 28.2. The normalized spacial score (nSPS) is 13.0. The van der Waals surface area contributed by atoms with Gasteiger partial charge in [-0.1, -0.05) is 31.5 Å². The lowest BCUT2D eigenvalue weighted by Crippen LogP contribution is -2.21. The molecule has 11 heteroatoms. The maximum atomic E-state index is 15.3. The Morgan fingerprint density at radius 2 is 2.00 bits per heavy atom. The highest BCUT2D eigenvalue weighted by Crippen LogP contribution is 2.41. The third-order valence-electron chi connectivity index (χ3n) is 7.61. The molecule has 0 radical (unpaired) electrons. The van der Waals surface area contributed by atoms with Crippen molar-refractivity contribution in [3.8, 4) is 17.1 Å². The molecule has 0 saturated heterocycles. The Balaban J connectivity index is 1.46. The summed E-state index contributed by atoms with van der Waals surface area (Å²) in [6, 6.07) is 10.3. The number of unbranched alkanes of at least 4 members (excludes halogenated alkanes) is 1. The molecule has 220 valence electrons. The summed E-state index contributed by atoms with van der Waals surface area (Å²) in [5.41, 5.74) is 8.83. The number of carbonyl (C=O) groups excluding carboxylic acids is 1. The van der Waals surface area contributed by atoms with Gasteiger partial charge < -0.3 is 10.5 Å². The highest BCUT2D eigenvalue weighted by atomic mass is 19.1. The number of carbonyl (C=O) groups is 1. The predicted octanol–water partition coefficient (Wildman–Crippen LogP) is 5.00. The number of hydrogen-bond acceptors (Lipinski definition) is 8.